The van der Waals surface area contributed by atoms with E-state index in [-0.39, 0.29) is 45.1 Å². The SMILES string of the molecule is CCOC(=O)[C@H]1C=C2C3=CC[C@@H]4[C@@]5(C)CC[C@H](O)C(C)(C)[C@@H]5CC[C@@]4(C)[C@]3(C)CC[C@@]2(C)CC1. The summed E-state index contributed by atoms with van der Waals surface area (Å²) < 4.78 is 5.44. The van der Waals surface area contributed by atoms with Gasteiger partial charge in [-0.05, 0) is 115 Å². The van der Waals surface area contributed by atoms with Crippen LogP contribution in [0, 0.1) is 44.8 Å². The molecule has 190 valence electrons. The molecular weight excluding hydrogens is 420 g/mol. The Bertz CT molecular complexity index is 929. The van der Waals surface area contributed by atoms with Gasteiger partial charge in [-0.2, -0.15) is 0 Å². The highest BCUT2D eigenvalue weighted by atomic mass is 16.5. The van der Waals surface area contributed by atoms with Crippen LogP contribution in [0.5, 0.6) is 0 Å². The average Bonchev–Trinajstić information content (AvgIpc) is 2.77. The summed E-state index contributed by atoms with van der Waals surface area (Å²) in [7, 11) is 0. The molecule has 5 aliphatic rings. The van der Waals surface area contributed by atoms with E-state index in [1.54, 1.807) is 5.57 Å². The third-order valence-electron chi connectivity index (χ3n) is 12.5. The van der Waals surface area contributed by atoms with Crippen molar-refractivity contribution in [2.45, 2.75) is 112 Å². The van der Waals surface area contributed by atoms with Crippen molar-refractivity contribution in [2.75, 3.05) is 6.61 Å². The maximum absolute atomic E-state index is 12.7. The second kappa shape index (κ2) is 7.70. The van der Waals surface area contributed by atoms with Crippen molar-refractivity contribution in [1.82, 2.24) is 0 Å². The molecule has 8 atom stereocenters. The Morgan fingerprint density at radius 2 is 1.68 bits per heavy atom. The van der Waals surface area contributed by atoms with Crippen molar-refractivity contribution in [2.24, 2.45) is 44.8 Å². The van der Waals surface area contributed by atoms with E-state index in [2.05, 4.69) is 53.7 Å². The van der Waals surface area contributed by atoms with Gasteiger partial charge in [0.05, 0.1) is 18.6 Å². The largest absolute Gasteiger partial charge is 0.466 e. The lowest BCUT2D eigenvalue weighted by Gasteiger charge is -2.70. The molecule has 0 saturated heterocycles. The number of carbonyl (C=O) groups is 1. The summed E-state index contributed by atoms with van der Waals surface area (Å²) in [5.41, 5.74) is 3.88. The molecule has 1 N–H and O–H groups in total. The number of esters is 1. The second-order valence-electron chi connectivity index (χ2n) is 14.2. The summed E-state index contributed by atoms with van der Waals surface area (Å²) in [5, 5.41) is 10.9. The zero-order valence-electron chi connectivity index (χ0n) is 22.8. The van der Waals surface area contributed by atoms with Crippen LogP contribution in [0.3, 0.4) is 0 Å². The Morgan fingerprint density at radius 1 is 0.941 bits per heavy atom. The van der Waals surface area contributed by atoms with Crippen LogP contribution in [-0.2, 0) is 9.53 Å². The van der Waals surface area contributed by atoms with E-state index >= 15 is 0 Å². The zero-order chi connectivity index (χ0) is 24.7. The molecule has 0 heterocycles. The van der Waals surface area contributed by atoms with E-state index in [9.17, 15) is 9.90 Å². The molecular formula is C31H48O3. The van der Waals surface area contributed by atoms with Gasteiger partial charge in [0.15, 0.2) is 0 Å². The van der Waals surface area contributed by atoms with Crippen molar-refractivity contribution in [1.29, 1.82) is 0 Å². The first kappa shape index (κ1) is 24.6. The number of allylic oxidation sites excluding steroid dienone is 3. The first-order valence-corrected chi connectivity index (χ1v) is 14.1. The van der Waals surface area contributed by atoms with Crippen LogP contribution < -0.4 is 0 Å². The number of rotatable bonds is 2. The highest BCUT2D eigenvalue weighted by Crippen LogP contribution is 2.74. The summed E-state index contributed by atoms with van der Waals surface area (Å²) >= 11 is 0. The van der Waals surface area contributed by atoms with Crippen LogP contribution in [0.2, 0.25) is 0 Å². The lowest BCUT2D eigenvalue weighted by atomic mass is 9.34. The molecule has 3 fully saturated rings. The van der Waals surface area contributed by atoms with Crippen molar-refractivity contribution < 1.29 is 14.6 Å². The second-order valence-corrected chi connectivity index (χ2v) is 14.2. The van der Waals surface area contributed by atoms with Crippen LogP contribution in [0.15, 0.2) is 23.3 Å². The number of hydrogen-bond donors (Lipinski definition) is 1. The Morgan fingerprint density at radius 3 is 2.38 bits per heavy atom. The maximum Gasteiger partial charge on any atom is 0.312 e. The average molecular weight is 469 g/mol. The molecule has 0 spiro atoms. The Hall–Kier alpha value is -1.09. The van der Waals surface area contributed by atoms with Crippen molar-refractivity contribution in [3.8, 4) is 0 Å². The minimum atomic E-state index is -0.178. The van der Waals surface area contributed by atoms with E-state index in [1.165, 1.54) is 31.3 Å². The van der Waals surface area contributed by atoms with Crippen LogP contribution in [-0.4, -0.2) is 23.8 Å². The quantitative estimate of drug-likeness (QED) is 0.434. The molecule has 0 amide bonds. The monoisotopic (exact) mass is 468 g/mol. The highest BCUT2D eigenvalue weighted by molar-refractivity contribution is 5.75. The molecule has 3 heteroatoms. The molecule has 0 aliphatic heterocycles. The van der Waals surface area contributed by atoms with E-state index in [0.717, 1.165) is 32.1 Å². The Labute approximate surface area is 207 Å². The number of ether oxygens (including phenoxy) is 1. The van der Waals surface area contributed by atoms with Gasteiger partial charge in [0.25, 0.3) is 0 Å². The van der Waals surface area contributed by atoms with Gasteiger partial charge in [0, 0.05) is 0 Å². The number of carbonyl (C=O) groups excluding carboxylic acids is 1. The summed E-state index contributed by atoms with van der Waals surface area (Å²) in [6.45, 7) is 17.2. The van der Waals surface area contributed by atoms with Gasteiger partial charge >= 0.3 is 5.97 Å². The minimum Gasteiger partial charge on any atom is -0.466 e. The number of hydrogen-bond acceptors (Lipinski definition) is 3. The van der Waals surface area contributed by atoms with Crippen LogP contribution >= 0.6 is 0 Å². The lowest BCUT2D eigenvalue weighted by Crippen LogP contribution is -2.63. The van der Waals surface area contributed by atoms with Crippen LogP contribution in [0.1, 0.15) is 106 Å². The predicted octanol–water partition coefficient (Wildman–Crippen LogP) is 7.24. The summed E-state index contributed by atoms with van der Waals surface area (Å²) in [6, 6.07) is 0. The molecule has 0 unspecified atom stereocenters. The molecule has 0 aromatic rings. The molecule has 0 bridgehead atoms. The zero-order valence-corrected chi connectivity index (χ0v) is 22.8. The van der Waals surface area contributed by atoms with Gasteiger partial charge in [-0.1, -0.05) is 53.7 Å². The van der Waals surface area contributed by atoms with Crippen molar-refractivity contribution in [3.05, 3.63) is 23.3 Å². The predicted molar refractivity (Wildman–Crippen MR) is 137 cm³/mol. The number of aliphatic hydroxyl groups excluding tert-OH is 1. The Balaban J connectivity index is 1.57. The van der Waals surface area contributed by atoms with Crippen LogP contribution in [0.25, 0.3) is 0 Å². The van der Waals surface area contributed by atoms with E-state index < -0.39 is 0 Å². The molecule has 34 heavy (non-hydrogen) atoms. The Kier molecular flexibility index (Phi) is 5.57. The molecule has 3 saturated carbocycles. The number of fused-ring (bicyclic) bond motifs is 7. The fraction of sp³-hybridized carbons (Fsp3) is 0.839. The fourth-order valence-corrected chi connectivity index (χ4v) is 10.1. The number of aliphatic hydroxyl groups is 1. The topological polar surface area (TPSA) is 46.5 Å². The third kappa shape index (κ3) is 3.07. The van der Waals surface area contributed by atoms with Gasteiger partial charge in [-0.25, -0.2) is 0 Å². The van der Waals surface area contributed by atoms with Gasteiger partial charge < -0.3 is 9.84 Å². The minimum absolute atomic E-state index is 0.0108. The van der Waals surface area contributed by atoms with Gasteiger partial charge in [-0.3, -0.25) is 4.79 Å². The van der Waals surface area contributed by atoms with Crippen molar-refractivity contribution in [3.63, 3.8) is 0 Å². The molecule has 3 nitrogen and oxygen atoms in total. The lowest BCUT2D eigenvalue weighted by molar-refractivity contribution is -0.196. The van der Waals surface area contributed by atoms with E-state index in [1.807, 2.05) is 6.92 Å². The maximum atomic E-state index is 12.7. The molecule has 5 aliphatic carbocycles. The smallest absolute Gasteiger partial charge is 0.312 e. The molecule has 0 radical (unpaired) electrons. The van der Waals surface area contributed by atoms with E-state index in [0.29, 0.717) is 18.4 Å². The fourth-order valence-electron chi connectivity index (χ4n) is 10.1. The summed E-state index contributed by atoms with van der Waals surface area (Å²) in [6.07, 6.45) is 14.9. The van der Waals surface area contributed by atoms with Crippen molar-refractivity contribution >= 4 is 5.97 Å². The molecule has 0 aromatic carbocycles. The molecule has 5 rings (SSSR count). The van der Waals surface area contributed by atoms with Gasteiger partial charge in [-0.15, -0.1) is 0 Å². The third-order valence-corrected chi connectivity index (χ3v) is 12.5. The highest BCUT2D eigenvalue weighted by Gasteiger charge is 2.67. The van der Waals surface area contributed by atoms with Gasteiger partial charge in [0.2, 0.25) is 0 Å². The summed E-state index contributed by atoms with van der Waals surface area (Å²) in [4.78, 5) is 12.7. The first-order valence-electron chi connectivity index (χ1n) is 14.1. The molecule has 0 aromatic heterocycles. The first-order chi connectivity index (χ1) is 15.8. The van der Waals surface area contributed by atoms with E-state index in [4.69, 9.17) is 4.74 Å². The normalized spacial score (nSPS) is 49.4. The summed E-state index contributed by atoms with van der Waals surface area (Å²) in [5.74, 6) is 1.09. The van der Waals surface area contributed by atoms with Crippen LogP contribution in [0.4, 0.5) is 0 Å². The van der Waals surface area contributed by atoms with Gasteiger partial charge in [0.1, 0.15) is 0 Å². The standard InChI is InChI=1S/C31H48O3/c1-8-34-26(33)20-11-14-28(4)17-18-30(6)21(22(28)19-20)9-10-24-29(5)15-13-25(32)27(2,3)23(29)12-16-31(24,30)7/h9,19-20,23-25,32H,8,10-18H2,1-7H3/t20-,23+,24-,25+,28-,29+,30-,31-/m1/s1.